The fourth-order valence-electron chi connectivity index (χ4n) is 1.04. The van der Waals surface area contributed by atoms with Gasteiger partial charge in [0.15, 0.2) is 0 Å². The van der Waals surface area contributed by atoms with Crippen LogP contribution in [0.15, 0.2) is 0 Å². The molecule has 0 spiro atoms. The molecule has 6 nitrogen and oxygen atoms in total. The van der Waals surface area contributed by atoms with Crippen LogP contribution in [0.4, 0.5) is 0 Å². The van der Waals surface area contributed by atoms with Gasteiger partial charge in [-0.15, -0.1) is 0 Å². The van der Waals surface area contributed by atoms with Gasteiger partial charge in [-0.25, -0.2) is 4.57 Å². The van der Waals surface area contributed by atoms with Crippen molar-refractivity contribution in [2.75, 3.05) is 7.05 Å². The Labute approximate surface area is 76.4 Å². The van der Waals surface area contributed by atoms with Crippen molar-refractivity contribution >= 4 is 13.7 Å². The predicted molar refractivity (Wildman–Crippen MR) is 46.1 cm³/mol. The van der Waals surface area contributed by atoms with Gasteiger partial charge in [0.2, 0.25) is 0 Å². The first kappa shape index (κ1) is 12.6. The zero-order valence-electron chi connectivity index (χ0n) is 7.71. The van der Waals surface area contributed by atoms with Crippen molar-refractivity contribution in [1.82, 2.24) is 4.67 Å². The summed E-state index contributed by atoms with van der Waals surface area (Å²) in [4.78, 5) is 28.1. The predicted octanol–water partition coefficient (Wildman–Crippen LogP) is 0.120. The summed E-state index contributed by atoms with van der Waals surface area (Å²) >= 11 is 0. The number of hydrogen-bond acceptors (Lipinski definition) is 2. The van der Waals surface area contributed by atoms with Gasteiger partial charge in [-0.2, -0.15) is 4.67 Å². The first-order valence-corrected chi connectivity index (χ1v) is 5.26. The summed E-state index contributed by atoms with van der Waals surface area (Å²) in [5.41, 5.74) is 0. The van der Waals surface area contributed by atoms with Crippen LogP contribution in [0.3, 0.4) is 0 Å². The highest BCUT2D eigenvalue weighted by molar-refractivity contribution is 7.49. The lowest BCUT2D eigenvalue weighted by Gasteiger charge is -2.27. The largest absolute Gasteiger partial charge is 0.480 e. The monoisotopic (exact) mass is 211 g/mol. The van der Waals surface area contributed by atoms with Gasteiger partial charge in [0.1, 0.15) is 6.04 Å². The van der Waals surface area contributed by atoms with E-state index in [1.54, 1.807) is 13.8 Å². The number of rotatable bonds is 4. The van der Waals surface area contributed by atoms with Crippen LogP contribution in [0.25, 0.3) is 0 Å². The van der Waals surface area contributed by atoms with Gasteiger partial charge in [-0.3, -0.25) is 4.79 Å². The Bertz CT molecular complexity index is 235. The third-order valence-corrected chi connectivity index (χ3v) is 2.77. The first-order valence-electron chi connectivity index (χ1n) is 3.69. The minimum Gasteiger partial charge on any atom is -0.480 e. The Morgan fingerprint density at radius 1 is 1.38 bits per heavy atom. The molecule has 0 rings (SSSR count). The summed E-state index contributed by atoms with van der Waals surface area (Å²) in [5, 5.41) is 8.69. The second-order valence-electron chi connectivity index (χ2n) is 3.11. The SMILES string of the molecule is CC(C)C(C(=O)O)N(C)P(=O)(O)O. The lowest BCUT2D eigenvalue weighted by Crippen LogP contribution is -2.40. The van der Waals surface area contributed by atoms with Gasteiger partial charge in [0.25, 0.3) is 0 Å². The highest BCUT2D eigenvalue weighted by atomic mass is 31.2. The molecule has 0 fully saturated rings. The third-order valence-electron chi connectivity index (χ3n) is 1.70. The van der Waals surface area contributed by atoms with Crippen LogP contribution in [-0.4, -0.2) is 38.6 Å². The van der Waals surface area contributed by atoms with E-state index < -0.39 is 19.8 Å². The van der Waals surface area contributed by atoms with Crippen LogP contribution < -0.4 is 0 Å². The van der Waals surface area contributed by atoms with Gasteiger partial charge in [0.05, 0.1) is 0 Å². The number of likely N-dealkylation sites (N-methyl/N-ethyl adjacent to an activating group) is 1. The molecule has 0 aliphatic rings. The van der Waals surface area contributed by atoms with Crippen LogP contribution in [0.5, 0.6) is 0 Å². The summed E-state index contributed by atoms with van der Waals surface area (Å²) in [5.74, 6) is -1.60. The number of aliphatic carboxylic acids is 1. The highest BCUT2D eigenvalue weighted by Gasteiger charge is 2.35. The lowest BCUT2D eigenvalue weighted by molar-refractivity contribution is -0.143. The molecule has 0 saturated carbocycles. The van der Waals surface area contributed by atoms with E-state index >= 15 is 0 Å². The number of carboxylic acids is 1. The van der Waals surface area contributed by atoms with E-state index in [2.05, 4.69) is 0 Å². The van der Waals surface area contributed by atoms with E-state index in [0.717, 1.165) is 7.05 Å². The van der Waals surface area contributed by atoms with Gasteiger partial charge in [-0.1, -0.05) is 13.8 Å². The second-order valence-corrected chi connectivity index (χ2v) is 4.77. The first-order chi connectivity index (χ1) is 5.68. The van der Waals surface area contributed by atoms with Gasteiger partial charge < -0.3 is 14.9 Å². The molecule has 0 aliphatic heterocycles. The van der Waals surface area contributed by atoms with Crippen molar-refractivity contribution in [1.29, 1.82) is 0 Å². The average Bonchev–Trinajstić information content (AvgIpc) is 1.82. The van der Waals surface area contributed by atoms with E-state index in [-0.39, 0.29) is 5.92 Å². The average molecular weight is 211 g/mol. The van der Waals surface area contributed by atoms with Crippen LogP contribution >= 0.6 is 7.75 Å². The zero-order valence-corrected chi connectivity index (χ0v) is 8.60. The van der Waals surface area contributed by atoms with Crippen molar-refractivity contribution in [2.45, 2.75) is 19.9 Å². The Morgan fingerprint density at radius 2 is 1.77 bits per heavy atom. The Hall–Kier alpha value is -0.420. The quantitative estimate of drug-likeness (QED) is 0.571. The molecule has 78 valence electrons. The third kappa shape index (κ3) is 3.44. The molecule has 0 saturated heterocycles. The number of nitrogens with zero attached hydrogens (tertiary/aromatic N) is 1. The summed E-state index contributed by atoms with van der Waals surface area (Å²) in [7, 11) is -3.37. The molecule has 3 N–H and O–H groups in total. The van der Waals surface area contributed by atoms with Crippen molar-refractivity contribution < 1.29 is 24.3 Å². The van der Waals surface area contributed by atoms with Crippen LogP contribution in [0, 0.1) is 5.92 Å². The fourth-order valence-corrected chi connectivity index (χ4v) is 1.73. The summed E-state index contributed by atoms with van der Waals surface area (Å²) in [6.07, 6.45) is 0. The maximum Gasteiger partial charge on any atom is 0.403 e. The summed E-state index contributed by atoms with van der Waals surface area (Å²) < 4.78 is 11.3. The molecule has 0 bridgehead atoms. The van der Waals surface area contributed by atoms with Crippen LogP contribution in [-0.2, 0) is 9.36 Å². The van der Waals surface area contributed by atoms with Crippen molar-refractivity contribution in [2.24, 2.45) is 5.92 Å². The number of carboxylic acid groups (broad SMARTS) is 1. The van der Waals surface area contributed by atoms with Crippen molar-refractivity contribution in [3.8, 4) is 0 Å². The molecular formula is C6H14NO5P. The minimum atomic E-state index is -4.47. The molecule has 1 unspecified atom stereocenters. The van der Waals surface area contributed by atoms with Gasteiger partial charge >= 0.3 is 13.7 Å². The Kier molecular flexibility index (Phi) is 4.06. The molecule has 0 heterocycles. The van der Waals surface area contributed by atoms with Crippen LogP contribution in [0.2, 0.25) is 0 Å². The smallest absolute Gasteiger partial charge is 0.403 e. The molecule has 0 radical (unpaired) electrons. The molecule has 1 atom stereocenters. The second kappa shape index (κ2) is 4.19. The van der Waals surface area contributed by atoms with E-state index in [1.807, 2.05) is 0 Å². The Balaban J connectivity index is 4.77. The molecule has 13 heavy (non-hydrogen) atoms. The molecule has 0 aromatic rings. The van der Waals surface area contributed by atoms with E-state index in [4.69, 9.17) is 14.9 Å². The summed E-state index contributed by atoms with van der Waals surface area (Å²) in [6, 6.07) is -1.17. The number of hydrogen-bond donors (Lipinski definition) is 3. The van der Waals surface area contributed by atoms with E-state index in [1.165, 1.54) is 0 Å². The zero-order chi connectivity index (χ0) is 10.8. The molecule has 0 aromatic carbocycles. The molecule has 0 amide bonds. The minimum absolute atomic E-state index is 0.366. The van der Waals surface area contributed by atoms with E-state index in [0.29, 0.717) is 4.67 Å². The van der Waals surface area contributed by atoms with Crippen molar-refractivity contribution in [3.63, 3.8) is 0 Å². The van der Waals surface area contributed by atoms with Crippen LogP contribution in [0.1, 0.15) is 13.8 Å². The molecular weight excluding hydrogens is 197 g/mol. The topological polar surface area (TPSA) is 98.1 Å². The van der Waals surface area contributed by atoms with E-state index in [9.17, 15) is 9.36 Å². The fraction of sp³-hybridized carbons (Fsp3) is 0.833. The normalized spacial score (nSPS) is 15.0. The Morgan fingerprint density at radius 3 is 1.85 bits per heavy atom. The molecule has 7 heteroatoms. The number of carbonyl (C=O) groups is 1. The molecule has 0 aromatic heterocycles. The van der Waals surface area contributed by atoms with Crippen molar-refractivity contribution in [3.05, 3.63) is 0 Å². The highest BCUT2D eigenvalue weighted by Crippen LogP contribution is 2.41. The van der Waals surface area contributed by atoms with Gasteiger partial charge in [-0.05, 0) is 13.0 Å². The summed E-state index contributed by atoms with van der Waals surface area (Å²) in [6.45, 7) is 3.18. The standard InChI is InChI=1S/C6H14NO5P/c1-4(2)5(6(8)9)7(3)13(10,11)12/h4-5H,1-3H3,(H,8,9)(H2,10,11,12). The maximum atomic E-state index is 10.7. The molecule has 0 aliphatic carbocycles. The lowest BCUT2D eigenvalue weighted by atomic mass is 10.1. The maximum absolute atomic E-state index is 10.7. The van der Waals surface area contributed by atoms with Gasteiger partial charge in [0, 0.05) is 0 Å².